The van der Waals surface area contributed by atoms with Crippen LogP contribution >= 0.6 is 11.3 Å². The quantitative estimate of drug-likeness (QED) is 0.228. The molecule has 1 fully saturated rings. The molecule has 4 aromatic heterocycles. The maximum absolute atomic E-state index is 13.1. The molecule has 0 amide bonds. The van der Waals surface area contributed by atoms with Crippen LogP contribution in [0, 0.1) is 0 Å². The van der Waals surface area contributed by atoms with Crippen molar-refractivity contribution < 1.29 is 22.6 Å². The minimum Gasteiger partial charge on any atom is -0.480 e. The second-order valence-corrected chi connectivity index (χ2v) is 9.97. The first-order valence-electron chi connectivity index (χ1n) is 12.3. The molecule has 1 aromatic carbocycles. The zero-order chi connectivity index (χ0) is 27.9. The first-order valence-corrected chi connectivity index (χ1v) is 13.2. The standard InChI is InChI=1S/C27H22F3N7O2S/c1-37-10-20(27(28,29)30)35-24(37)17-5-3-15(4-6-17)11-39-25-18(19-12-40-14-34-19)9-31-23(36-25)21-22(16-7-8-16)32-13-33-26(21)38-2/h3-6,9-10,12-14,16H,7-8,11H2,1-2H3. The molecule has 0 N–H and O–H groups in total. The first-order chi connectivity index (χ1) is 19.3. The van der Waals surface area contributed by atoms with Crippen molar-refractivity contribution in [1.29, 1.82) is 0 Å². The third-order valence-electron chi connectivity index (χ3n) is 6.44. The van der Waals surface area contributed by atoms with E-state index in [0.29, 0.717) is 45.9 Å². The van der Waals surface area contributed by atoms with Crippen LogP contribution in [-0.2, 0) is 19.8 Å². The van der Waals surface area contributed by atoms with Crippen molar-refractivity contribution in [3.8, 4) is 45.8 Å². The number of hydrogen-bond acceptors (Lipinski definition) is 9. The summed E-state index contributed by atoms with van der Waals surface area (Å²) in [5.41, 5.74) is 4.91. The van der Waals surface area contributed by atoms with E-state index in [1.54, 1.807) is 43.1 Å². The molecule has 5 aromatic rings. The Balaban J connectivity index is 1.30. The van der Waals surface area contributed by atoms with Crippen molar-refractivity contribution in [3.63, 3.8) is 0 Å². The average Bonchev–Trinajstić information content (AvgIpc) is 3.50. The molecule has 0 saturated heterocycles. The summed E-state index contributed by atoms with van der Waals surface area (Å²) in [6, 6.07) is 6.98. The van der Waals surface area contributed by atoms with Gasteiger partial charge in [-0.15, -0.1) is 11.3 Å². The van der Waals surface area contributed by atoms with Crippen LogP contribution in [0.5, 0.6) is 11.8 Å². The lowest BCUT2D eigenvalue weighted by molar-refractivity contribution is -0.140. The third kappa shape index (κ3) is 5.11. The molecule has 9 nitrogen and oxygen atoms in total. The van der Waals surface area contributed by atoms with Crippen LogP contribution in [0.3, 0.4) is 0 Å². The molecule has 13 heteroatoms. The van der Waals surface area contributed by atoms with Gasteiger partial charge in [-0.25, -0.2) is 24.9 Å². The molecule has 1 saturated carbocycles. The van der Waals surface area contributed by atoms with E-state index in [4.69, 9.17) is 14.5 Å². The Hall–Kier alpha value is -4.39. The van der Waals surface area contributed by atoms with Gasteiger partial charge in [0.25, 0.3) is 0 Å². The molecule has 6 rings (SSSR count). The van der Waals surface area contributed by atoms with Gasteiger partial charge in [0, 0.05) is 36.3 Å². The number of halogens is 3. The number of rotatable bonds is 8. The largest absolute Gasteiger partial charge is 0.480 e. The zero-order valence-corrected chi connectivity index (χ0v) is 22.2. The van der Waals surface area contributed by atoms with Gasteiger partial charge in [0.1, 0.15) is 24.3 Å². The smallest absolute Gasteiger partial charge is 0.434 e. The molecular weight excluding hydrogens is 543 g/mol. The fraction of sp³-hybridized carbons (Fsp3) is 0.259. The van der Waals surface area contributed by atoms with E-state index in [0.717, 1.165) is 30.3 Å². The Kier molecular flexibility index (Phi) is 6.66. The maximum atomic E-state index is 13.1. The SMILES string of the molecule is COc1ncnc(C2CC2)c1-c1ncc(-c2cscn2)c(OCc2ccc(-c3nc(C(F)(F)F)cn3C)cc2)n1. The maximum Gasteiger partial charge on any atom is 0.434 e. The lowest BCUT2D eigenvalue weighted by Crippen LogP contribution is -2.05. The Morgan fingerprint density at radius 1 is 1.02 bits per heavy atom. The number of aryl methyl sites for hydroxylation is 1. The normalized spacial score (nSPS) is 13.4. The summed E-state index contributed by atoms with van der Waals surface area (Å²) in [5.74, 6) is 1.63. The highest BCUT2D eigenvalue weighted by atomic mass is 32.1. The Labute approximate surface area is 230 Å². The topological polar surface area (TPSA) is 101 Å². The Morgan fingerprint density at radius 3 is 2.48 bits per heavy atom. The minimum absolute atomic E-state index is 0.153. The number of hydrogen-bond donors (Lipinski definition) is 0. The average molecular weight is 566 g/mol. The van der Waals surface area contributed by atoms with E-state index in [9.17, 15) is 13.2 Å². The summed E-state index contributed by atoms with van der Waals surface area (Å²) in [7, 11) is 3.07. The van der Waals surface area contributed by atoms with Crippen molar-refractivity contribution in [2.45, 2.75) is 31.5 Å². The summed E-state index contributed by atoms with van der Waals surface area (Å²) < 4.78 is 52.3. The number of methoxy groups -OCH3 is 1. The van der Waals surface area contributed by atoms with E-state index >= 15 is 0 Å². The van der Waals surface area contributed by atoms with Crippen LogP contribution < -0.4 is 9.47 Å². The number of benzene rings is 1. The van der Waals surface area contributed by atoms with Crippen LogP contribution in [0.15, 0.2) is 53.9 Å². The monoisotopic (exact) mass is 565 g/mol. The molecule has 0 spiro atoms. The van der Waals surface area contributed by atoms with Gasteiger partial charge >= 0.3 is 6.18 Å². The van der Waals surface area contributed by atoms with Gasteiger partial charge in [0.2, 0.25) is 11.8 Å². The third-order valence-corrected chi connectivity index (χ3v) is 7.03. The van der Waals surface area contributed by atoms with Crippen molar-refractivity contribution in [3.05, 3.63) is 70.8 Å². The summed E-state index contributed by atoms with van der Waals surface area (Å²) in [6.07, 6.45) is 1.66. The van der Waals surface area contributed by atoms with Gasteiger partial charge in [-0.05, 0) is 18.4 Å². The molecule has 0 bridgehead atoms. The van der Waals surface area contributed by atoms with Crippen molar-refractivity contribution >= 4 is 11.3 Å². The van der Waals surface area contributed by atoms with Crippen molar-refractivity contribution in [1.82, 2.24) is 34.5 Å². The number of alkyl halides is 3. The minimum atomic E-state index is -4.51. The molecule has 204 valence electrons. The molecule has 0 atom stereocenters. The molecule has 1 aliphatic rings. The summed E-state index contributed by atoms with van der Waals surface area (Å²) in [4.78, 5) is 26.2. The van der Waals surface area contributed by atoms with Crippen LogP contribution in [-0.4, -0.2) is 41.6 Å². The number of aromatic nitrogens is 7. The number of imidazole rings is 1. The number of thiazole rings is 1. The molecule has 0 unspecified atom stereocenters. The Bertz CT molecular complexity index is 1650. The van der Waals surface area contributed by atoms with E-state index < -0.39 is 11.9 Å². The summed E-state index contributed by atoms with van der Waals surface area (Å²) in [6.45, 7) is 0.153. The van der Waals surface area contributed by atoms with Crippen LogP contribution in [0.4, 0.5) is 13.2 Å². The highest BCUT2D eigenvalue weighted by Crippen LogP contribution is 2.45. The Morgan fingerprint density at radius 2 is 1.82 bits per heavy atom. The zero-order valence-electron chi connectivity index (χ0n) is 21.4. The number of nitrogens with zero attached hydrogens (tertiary/aromatic N) is 7. The van der Waals surface area contributed by atoms with Crippen molar-refractivity contribution in [2.75, 3.05) is 7.11 Å². The highest BCUT2D eigenvalue weighted by molar-refractivity contribution is 7.07. The predicted molar refractivity (Wildman–Crippen MR) is 141 cm³/mol. The fourth-order valence-electron chi connectivity index (χ4n) is 4.30. The van der Waals surface area contributed by atoms with Gasteiger partial charge in [0.05, 0.1) is 29.6 Å². The number of ether oxygens (including phenoxy) is 2. The second kappa shape index (κ2) is 10.3. The van der Waals surface area contributed by atoms with E-state index in [-0.39, 0.29) is 12.4 Å². The second-order valence-electron chi connectivity index (χ2n) is 9.25. The lowest BCUT2D eigenvalue weighted by Gasteiger charge is -2.14. The molecule has 40 heavy (non-hydrogen) atoms. The summed E-state index contributed by atoms with van der Waals surface area (Å²) in [5, 5.41) is 1.88. The highest BCUT2D eigenvalue weighted by Gasteiger charge is 2.34. The first kappa shape index (κ1) is 25.9. The molecule has 0 aliphatic heterocycles. The lowest BCUT2D eigenvalue weighted by atomic mass is 10.1. The van der Waals surface area contributed by atoms with Gasteiger partial charge in [-0.1, -0.05) is 24.3 Å². The van der Waals surface area contributed by atoms with Gasteiger partial charge < -0.3 is 14.0 Å². The summed E-state index contributed by atoms with van der Waals surface area (Å²) >= 11 is 1.44. The van der Waals surface area contributed by atoms with Gasteiger partial charge in [-0.2, -0.15) is 18.2 Å². The van der Waals surface area contributed by atoms with E-state index in [1.807, 2.05) is 5.38 Å². The predicted octanol–water partition coefficient (Wildman–Crippen LogP) is 5.94. The molecular formula is C27H22F3N7O2S. The van der Waals surface area contributed by atoms with Crippen LogP contribution in [0.2, 0.25) is 0 Å². The molecule has 1 aliphatic carbocycles. The van der Waals surface area contributed by atoms with Gasteiger partial charge in [-0.3, -0.25) is 0 Å². The van der Waals surface area contributed by atoms with Crippen LogP contribution in [0.1, 0.15) is 35.7 Å². The molecule has 4 heterocycles. The van der Waals surface area contributed by atoms with Gasteiger partial charge in [0.15, 0.2) is 11.5 Å². The van der Waals surface area contributed by atoms with E-state index in [1.165, 1.54) is 29.3 Å². The van der Waals surface area contributed by atoms with Crippen molar-refractivity contribution in [2.24, 2.45) is 7.05 Å². The fourth-order valence-corrected chi connectivity index (χ4v) is 4.86. The van der Waals surface area contributed by atoms with Crippen LogP contribution in [0.25, 0.3) is 34.0 Å². The molecule has 0 radical (unpaired) electrons. The van der Waals surface area contributed by atoms with E-state index in [2.05, 4.69) is 24.9 Å².